The summed E-state index contributed by atoms with van der Waals surface area (Å²) in [5.74, 6) is 0.154. The summed E-state index contributed by atoms with van der Waals surface area (Å²) in [5.41, 5.74) is -0.0992. The van der Waals surface area contributed by atoms with Crippen LogP contribution in [0.25, 0.3) is 0 Å². The van der Waals surface area contributed by atoms with Crippen molar-refractivity contribution in [1.82, 2.24) is 15.5 Å². The van der Waals surface area contributed by atoms with Crippen LogP contribution < -0.4 is 10.6 Å². The lowest BCUT2D eigenvalue weighted by Crippen LogP contribution is -2.50. The van der Waals surface area contributed by atoms with Gasteiger partial charge in [-0.2, -0.15) is 0 Å². The van der Waals surface area contributed by atoms with Gasteiger partial charge < -0.3 is 10.6 Å². The molecule has 1 unspecified atom stereocenters. The van der Waals surface area contributed by atoms with E-state index in [0.29, 0.717) is 12.6 Å². The Hall–Kier alpha value is -0.610. The third-order valence-electron chi connectivity index (χ3n) is 4.16. The fourth-order valence-electron chi connectivity index (χ4n) is 2.65. The molecule has 0 aliphatic carbocycles. The number of rotatable bonds is 8. The number of carbonyl (C=O) groups is 1. The van der Waals surface area contributed by atoms with Crippen LogP contribution in [0.1, 0.15) is 59.8 Å². The molecule has 0 spiro atoms. The Morgan fingerprint density at radius 3 is 2.65 bits per heavy atom. The molecular formula is C16H33N3O. The minimum atomic E-state index is -0.0992. The molecule has 1 rings (SSSR count). The van der Waals surface area contributed by atoms with Crippen LogP contribution in [0.15, 0.2) is 0 Å². The third kappa shape index (κ3) is 6.71. The third-order valence-corrected chi connectivity index (χ3v) is 4.16. The second-order valence-electron chi connectivity index (χ2n) is 6.67. The van der Waals surface area contributed by atoms with E-state index in [1.807, 2.05) is 0 Å². The van der Waals surface area contributed by atoms with Gasteiger partial charge in [0.2, 0.25) is 5.91 Å². The number of hydrogen-bond donors (Lipinski definition) is 2. The van der Waals surface area contributed by atoms with Gasteiger partial charge in [-0.15, -0.1) is 0 Å². The lowest BCUT2D eigenvalue weighted by atomic mass is 10.0. The summed E-state index contributed by atoms with van der Waals surface area (Å²) in [6.45, 7) is 12.1. The zero-order valence-corrected chi connectivity index (χ0v) is 13.8. The first-order valence-corrected chi connectivity index (χ1v) is 8.23. The Balaban J connectivity index is 2.42. The number of piperidine rings is 1. The molecule has 0 bridgehead atoms. The summed E-state index contributed by atoms with van der Waals surface area (Å²) in [6.07, 6.45) is 5.89. The molecule has 0 aromatic heterocycles. The van der Waals surface area contributed by atoms with Crippen molar-refractivity contribution in [2.45, 2.75) is 71.4 Å². The molecule has 118 valence electrons. The average molecular weight is 283 g/mol. The maximum absolute atomic E-state index is 12.2. The van der Waals surface area contributed by atoms with Crippen molar-refractivity contribution in [2.75, 3.05) is 26.2 Å². The van der Waals surface area contributed by atoms with Gasteiger partial charge in [0.15, 0.2) is 0 Å². The van der Waals surface area contributed by atoms with E-state index in [2.05, 4.69) is 43.2 Å². The first-order chi connectivity index (χ1) is 9.46. The summed E-state index contributed by atoms with van der Waals surface area (Å²) >= 11 is 0. The molecule has 0 saturated carbocycles. The molecule has 1 fully saturated rings. The zero-order chi connectivity index (χ0) is 15.0. The normalized spacial score (nSPS) is 20.1. The first-order valence-electron chi connectivity index (χ1n) is 8.23. The van der Waals surface area contributed by atoms with Crippen LogP contribution in [0.5, 0.6) is 0 Å². The minimum Gasteiger partial charge on any atom is -0.350 e. The lowest BCUT2D eigenvalue weighted by Gasteiger charge is -2.31. The number of nitrogens with one attached hydrogen (secondary N) is 2. The molecule has 4 heteroatoms. The van der Waals surface area contributed by atoms with Crippen molar-refractivity contribution in [3.05, 3.63) is 0 Å². The Bertz CT molecular complexity index is 285. The second kappa shape index (κ2) is 8.63. The lowest BCUT2D eigenvalue weighted by molar-refractivity contribution is -0.124. The van der Waals surface area contributed by atoms with Crippen molar-refractivity contribution in [1.29, 1.82) is 0 Å². The largest absolute Gasteiger partial charge is 0.350 e. The highest BCUT2D eigenvalue weighted by molar-refractivity contribution is 5.78. The Morgan fingerprint density at radius 1 is 1.35 bits per heavy atom. The molecule has 1 aliphatic rings. The van der Waals surface area contributed by atoms with E-state index >= 15 is 0 Å². The molecule has 0 radical (unpaired) electrons. The van der Waals surface area contributed by atoms with E-state index in [4.69, 9.17) is 0 Å². The number of amides is 1. The van der Waals surface area contributed by atoms with Crippen LogP contribution in [-0.4, -0.2) is 48.6 Å². The second-order valence-corrected chi connectivity index (χ2v) is 6.67. The summed E-state index contributed by atoms with van der Waals surface area (Å²) in [7, 11) is 0. The monoisotopic (exact) mass is 283 g/mol. The van der Waals surface area contributed by atoms with E-state index in [1.165, 1.54) is 19.3 Å². The van der Waals surface area contributed by atoms with Gasteiger partial charge in [0, 0.05) is 18.1 Å². The Morgan fingerprint density at radius 2 is 2.10 bits per heavy atom. The minimum absolute atomic E-state index is 0.0992. The Kier molecular flexibility index (Phi) is 7.52. The van der Waals surface area contributed by atoms with Crippen LogP contribution in [0.4, 0.5) is 0 Å². The maximum atomic E-state index is 12.2. The first kappa shape index (κ1) is 17.4. The van der Waals surface area contributed by atoms with Gasteiger partial charge in [-0.25, -0.2) is 0 Å². The molecule has 1 atom stereocenters. The van der Waals surface area contributed by atoms with Crippen LogP contribution in [0, 0.1) is 0 Å². The fraction of sp³-hybridized carbons (Fsp3) is 0.938. The molecule has 1 heterocycles. The van der Waals surface area contributed by atoms with E-state index < -0.39 is 0 Å². The van der Waals surface area contributed by atoms with Gasteiger partial charge in [0.1, 0.15) is 0 Å². The Labute approximate surface area is 124 Å². The molecule has 2 N–H and O–H groups in total. The molecule has 20 heavy (non-hydrogen) atoms. The predicted molar refractivity (Wildman–Crippen MR) is 84.9 cm³/mol. The molecule has 4 nitrogen and oxygen atoms in total. The predicted octanol–water partition coefficient (Wildman–Crippen LogP) is 2.15. The van der Waals surface area contributed by atoms with Crippen molar-refractivity contribution in [3.63, 3.8) is 0 Å². The van der Waals surface area contributed by atoms with Crippen LogP contribution >= 0.6 is 0 Å². The summed E-state index contributed by atoms with van der Waals surface area (Å²) in [5, 5.41) is 6.70. The van der Waals surface area contributed by atoms with Gasteiger partial charge >= 0.3 is 0 Å². The molecule has 1 aliphatic heterocycles. The van der Waals surface area contributed by atoms with E-state index in [0.717, 1.165) is 32.5 Å². The topological polar surface area (TPSA) is 44.4 Å². The van der Waals surface area contributed by atoms with Gasteiger partial charge in [-0.1, -0.05) is 20.3 Å². The number of nitrogens with zero attached hydrogens (tertiary/aromatic N) is 1. The van der Waals surface area contributed by atoms with E-state index in [1.54, 1.807) is 0 Å². The fourth-order valence-corrected chi connectivity index (χ4v) is 2.65. The van der Waals surface area contributed by atoms with E-state index in [9.17, 15) is 4.79 Å². The van der Waals surface area contributed by atoms with Crippen molar-refractivity contribution < 1.29 is 4.79 Å². The van der Waals surface area contributed by atoms with Crippen molar-refractivity contribution >= 4 is 5.91 Å². The summed E-state index contributed by atoms with van der Waals surface area (Å²) < 4.78 is 0. The standard InChI is InChI=1S/C16H33N3O/c1-5-11-19(12-14-9-7-8-10-17-14)13-15(20)18-16(3,4)6-2/h14,17H,5-13H2,1-4H3,(H,18,20). The molecule has 0 aromatic rings. The molecule has 1 saturated heterocycles. The van der Waals surface area contributed by atoms with Gasteiger partial charge in [-0.3, -0.25) is 9.69 Å². The molecule has 1 amide bonds. The highest BCUT2D eigenvalue weighted by atomic mass is 16.2. The van der Waals surface area contributed by atoms with Gasteiger partial charge in [0.25, 0.3) is 0 Å². The molecule has 0 aromatic carbocycles. The number of carbonyl (C=O) groups excluding carboxylic acids is 1. The van der Waals surface area contributed by atoms with Gasteiger partial charge in [-0.05, 0) is 52.6 Å². The van der Waals surface area contributed by atoms with Crippen LogP contribution in [0.2, 0.25) is 0 Å². The quantitative estimate of drug-likeness (QED) is 0.717. The summed E-state index contributed by atoms with van der Waals surface area (Å²) in [6, 6.07) is 0.558. The van der Waals surface area contributed by atoms with Gasteiger partial charge in [0.05, 0.1) is 6.54 Å². The van der Waals surface area contributed by atoms with Crippen LogP contribution in [0.3, 0.4) is 0 Å². The van der Waals surface area contributed by atoms with Crippen molar-refractivity contribution in [3.8, 4) is 0 Å². The summed E-state index contributed by atoms with van der Waals surface area (Å²) in [4.78, 5) is 14.5. The highest BCUT2D eigenvalue weighted by Gasteiger charge is 2.21. The van der Waals surface area contributed by atoms with Crippen molar-refractivity contribution in [2.24, 2.45) is 0 Å². The zero-order valence-electron chi connectivity index (χ0n) is 13.8. The van der Waals surface area contributed by atoms with E-state index in [-0.39, 0.29) is 11.4 Å². The van der Waals surface area contributed by atoms with Crippen LogP contribution in [-0.2, 0) is 4.79 Å². The maximum Gasteiger partial charge on any atom is 0.234 e. The SMILES string of the molecule is CCCN(CC(=O)NC(C)(C)CC)CC1CCCCN1. The smallest absolute Gasteiger partial charge is 0.234 e. The average Bonchev–Trinajstić information content (AvgIpc) is 2.39. The number of hydrogen-bond acceptors (Lipinski definition) is 3. The highest BCUT2D eigenvalue weighted by Crippen LogP contribution is 2.10. The molecular weight excluding hydrogens is 250 g/mol.